The molecular weight excluding hydrogens is 438 g/mol. The lowest BCUT2D eigenvalue weighted by molar-refractivity contribution is 0.354. The van der Waals surface area contributed by atoms with Crippen molar-refractivity contribution in [1.82, 2.24) is 14.8 Å². The zero-order valence-corrected chi connectivity index (χ0v) is 18.3. The molecule has 0 N–H and O–H groups in total. The molecule has 0 unspecified atom stereocenters. The Morgan fingerprint density at radius 3 is 2.46 bits per heavy atom. The minimum atomic E-state index is 0.554. The standard InChI is InChI=1S/C21H22BrN3O2S/c1-26-18-10-16(17(22)11-19(18)27-2)13-28-21-24-23-20(15-8-9-15)25(21)12-14-6-4-3-5-7-14/h3-7,10-11,15H,8-9,12-13H2,1-2H3. The molecule has 1 heterocycles. The van der Waals surface area contributed by atoms with Crippen molar-refractivity contribution in [1.29, 1.82) is 0 Å². The van der Waals surface area contributed by atoms with Gasteiger partial charge in [-0.05, 0) is 36.1 Å². The number of rotatable bonds is 8. The van der Waals surface area contributed by atoms with Crippen LogP contribution in [0.3, 0.4) is 0 Å². The normalized spacial score (nSPS) is 13.5. The quantitative estimate of drug-likeness (QED) is 0.429. The molecule has 0 amide bonds. The highest BCUT2D eigenvalue weighted by molar-refractivity contribution is 9.10. The van der Waals surface area contributed by atoms with E-state index < -0.39 is 0 Å². The van der Waals surface area contributed by atoms with E-state index in [1.807, 2.05) is 18.2 Å². The highest BCUT2D eigenvalue weighted by atomic mass is 79.9. The molecule has 146 valence electrons. The number of hydrogen-bond acceptors (Lipinski definition) is 5. The topological polar surface area (TPSA) is 49.2 Å². The van der Waals surface area contributed by atoms with Gasteiger partial charge in [0, 0.05) is 16.1 Å². The van der Waals surface area contributed by atoms with Gasteiger partial charge in [0.1, 0.15) is 5.82 Å². The molecule has 1 saturated carbocycles. The second-order valence-corrected chi connectivity index (χ2v) is 8.57. The summed E-state index contributed by atoms with van der Waals surface area (Å²) in [7, 11) is 3.30. The van der Waals surface area contributed by atoms with Crippen LogP contribution < -0.4 is 9.47 Å². The summed E-state index contributed by atoms with van der Waals surface area (Å²) in [6.07, 6.45) is 2.41. The van der Waals surface area contributed by atoms with Gasteiger partial charge >= 0.3 is 0 Å². The summed E-state index contributed by atoms with van der Waals surface area (Å²) in [5.41, 5.74) is 2.39. The molecule has 1 aliphatic rings. The Morgan fingerprint density at radius 2 is 1.79 bits per heavy atom. The number of hydrogen-bond donors (Lipinski definition) is 0. The van der Waals surface area contributed by atoms with Gasteiger partial charge in [-0.2, -0.15) is 0 Å². The van der Waals surface area contributed by atoms with E-state index in [9.17, 15) is 0 Å². The Balaban J connectivity index is 1.57. The lowest BCUT2D eigenvalue weighted by Crippen LogP contribution is -2.06. The predicted octanol–water partition coefficient (Wildman–Crippen LogP) is 5.28. The van der Waals surface area contributed by atoms with Crippen LogP contribution in [0.2, 0.25) is 0 Å². The van der Waals surface area contributed by atoms with Crippen molar-refractivity contribution < 1.29 is 9.47 Å². The number of ether oxygens (including phenoxy) is 2. The van der Waals surface area contributed by atoms with Crippen LogP contribution in [0.5, 0.6) is 11.5 Å². The summed E-state index contributed by atoms with van der Waals surface area (Å²) in [5.74, 6) is 3.87. The molecule has 1 fully saturated rings. The molecule has 28 heavy (non-hydrogen) atoms. The fraction of sp³-hybridized carbons (Fsp3) is 0.333. The van der Waals surface area contributed by atoms with Gasteiger partial charge in [0.2, 0.25) is 0 Å². The predicted molar refractivity (Wildman–Crippen MR) is 114 cm³/mol. The van der Waals surface area contributed by atoms with E-state index in [4.69, 9.17) is 9.47 Å². The fourth-order valence-corrected chi connectivity index (χ4v) is 4.70. The van der Waals surface area contributed by atoms with Crippen molar-refractivity contribution in [3.8, 4) is 11.5 Å². The van der Waals surface area contributed by atoms with E-state index in [1.165, 1.54) is 18.4 Å². The van der Waals surface area contributed by atoms with E-state index >= 15 is 0 Å². The van der Waals surface area contributed by atoms with Crippen LogP contribution in [0.15, 0.2) is 52.1 Å². The van der Waals surface area contributed by atoms with Crippen LogP contribution >= 0.6 is 27.7 Å². The van der Waals surface area contributed by atoms with Gasteiger partial charge in [-0.15, -0.1) is 10.2 Å². The smallest absolute Gasteiger partial charge is 0.191 e. The summed E-state index contributed by atoms with van der Waals surface area (Å²) in [6, 6.07) is 14.4. The molecule has 0 atom stereocenters. The van der Waals surface area contributed by atoms with E-state index in [1.54, 1.807) is 26.0 Å². The van der Waals surface area contributed by atoms with Crippen molar-refractivity contribution >= 4 is 27.7 Å². The first-order chi connectivity index (χ1) is 13.7. The summed E-state index contributed by atoms with van der Waals surface area (Å²) in [5, 5.41) is 9.96. The number of halogens is 1. The molecule has 2 aromatic carbocycles. The number of aromatic nitrogens is 3. The third kappa shape index (κ3) is 4.20. The molecule has 0 spiro atoms. The number of nitrogens with zero attached hydrogens (tertiary/aromatic N) is 3. The molecule has 5 nitrogen and oxygen atoms in total. The second-order valence-electron chi connectivity index (χ2n) is 6.77. The largest absolute Gasteiger partial charge is 0.493 e. The van der Waals surface area contributed by atoms with Crippen LogP contribution in [-0.2, 0) is 12.3 Å². The SMILES string of the molecule is COc1cc(Br)c(CSc2nnc(C3CC3)n2Cc2ccccc2)cc1OC. The molecule has 0 aliphatic heterocycles. The Bertz CT molecular complexity index is 958. The Morgan fingerprint density at radius 1 is 1.07 bits per heavy atom. The van der Waals surface area contributed by atoms with Crippen LogP contribution in [0.25, 0.3) is 0 Å². The minimum Gasteiger partial charge on any atom is -0.493 e. The van der Waals surface area contributed by atoms with E-state index in [-0.39, 0.29) is 0 Å². The molecule has 1 aromatic heterocycles. The summed E-state index contributed by atoms with van der Waals surface area (Å²) < 4.78 is 14.1. The second kappa shape index (κ2) is 8.57. The average molecular weight is 460 g/mol. The van der Waals surface area contributed by atoms with Gasteiger partial charge in [0.25, 0.3) is 0 Å². The van der Waals surface area contributed by atoms with E-state index in [0.717, 1.165) is 39.1 Å². The van der Waals surface area contributed by atoms with Crippen molar-refractivity contribution in [2.24, 2.45) is 0 Å². The van der Waals surface area contributed by atoms with Crippen LogP contribution in [-0.4, -0.2) is 29.0 Å². The van der Waals surface area contributed by atoms with Gasteiger partial charge in [-0.3, -0.25) is 0 Å². The lowest BCUT2D eigenvalue weighted by atomic mass is 10.2. The molecule has 0 saturated heterocycles. The Kier molecular flexibility index (Phi) is 5.92. The first-order valence-corrected chi connectivity index (χ1v) is 11.0. The molecule has 0 bridgehead atoms. The lowest BCUT2D eigenvalue weighted by Gasteiger charge is -2.13. The Labute approximate surface area is 177 Å². The van der Waals surface area contributed by atoms with Crippen LogP contribution in [0.1, 0.15) is 35.7 Å². The van der Waals surface area contributed by atoms with Gasteiger partial charge in [0.15, 0.2) is 16.7 Å². The molecule has 7 heteroatoms. The zero-order valence-electron chi connectivity index (χ0n) is 15.9. The van der Waals surface area contributed by atoms with Crippen LogP contribution in [0.4, 0.5) is 0 Å². The average Bonchev–Trinajstić information content (AvgIpc) is 3.49. The zero-order chi connectivity index (χ0) is 19.5. The highest BCUT2D eigenvalue weighted by Crippen LogP contribution is 2.41. The maximum Gasteiger partial charge on any atom is 0.191 e. The van der Waals surface area contributed by atoms with Gasteiger partial charge in [-0.1, -0.05) is 58.0 Å². The maximum atomic E-state index is 5.44. The number of thioether (sulfide) groups is 1. The molecule has 1 aliphatic carbocycles. The van der Waals surface area contributed by atoms with E-state index in [2.05, 4.69) is 55.0 Å². The molecule has 3 aromatic rings. The van der Waals surface area contributed by atoms with Crippen molar-refractivity contribution in [3.63, 3.8) is 0 Å². The molecule has 4 rings (SSSR count). The first-order valence-electron chi connectivity index (χ1n) is 9.19. The minimum absolute atomic E-state index is 0.554. The van der Waals surface area contributed by atoms with E-state index in [0.29, 0.717) is 11.7 Å². The first kappa shape index (κ1) is 19.3. The van der Waals surface area contributed by atoms with Gasteiger partial charge in [-0.25, -0.2) is 0 Å². The summed E-state index contributed by atoms with van der Waals surface area (Å²) in [4.78, 5) is 0. The van der Waals surface area contributed by atoms with Crippen LogP contribution in [0, 0.1) is 0 Å². The maximum absolute atomic E-state index is 5.44. The molecular formula is C21H22BrN3O2S. The molecule has 0 radical (unpaired) electrons. The van der Waals surface area contributed by atoms with Gasteiger partial charge < -0.3 is 14.0 Å². The van der Waals surface area contributed by atoms with Crippen molar-refractivity contribution in [2.75, 3.05) is 14.2 Å². The van der Waals surface area contributed by atoms with Crippen molar-refractivity contribution in [3.05, 3.63) is 63.9 Å². The van der Waals surface area contributed by atoms with Crippen molar-refractivity contribution in [2.45, 2.75) is 36.2 Å². The highest BCUT2D eigenvalue weighted by Gasteiger charge is 2.30. The fourth-order valence-electron chi connectivity index (χ4n) is 3.11. The summed E-state index contributed by atoms with van der Waals surface area (Å²) in [6.45, 7) is 0.801. The monoisotopic (exact) mass is 459 g/mol. The third-order valence-electron chi connectivity index (χ3n) is 4.78. The number of methoxy groups -OCH3 is 2. The number of benzene rings is 2. The Hall–Kier alpha value is -1.99. The third-order valence-corrected chi connectivity index (χ3v) is 6.53. The van der Waals surface area contributed by atoms with Gasteiger partial charge in [0.05, 0.1) is 20.8 Å². The summed E-state index contributed by atoms with van der Waals surface area (Å²) >= 11 is 5.34.